The summed E-state index contributed by atoms with van der Waals surface area (Å²) in [5, 5.41) is 8.66. The van der Waals surface area contributed by atoms with E-state index in [2.05, 4.69) is 21.3 Å². The van der Waals surface area contributed by atoms with Crippen LogP contribution in [0.3, 0.4) is 0 Å². The minimum atomic E-state index is -3.56. The largest absolute Gasteiger partial charge is 0.395 e. The predicted molar refractivity (Wildman–Crippen MR) is 71.4 cm³/mol. The Balaban J connectivity index is 3.09. The van der Waals surface area contributed by atoms with Gasteiger partial charge in [0.05, 0.1) is 12.3 Å². The van der Waals surface area contributed by atoms with Crippen molar-refractivity contribution in [2.24, 2.45) is 0 Å². The molecule has 5 nitrogen and oxygen atoms in total. The van der Waals surface area contributed by atoms with Gasteiger partial charge < -0.3 is 5.11 Å². The maximum Gasteiger partial charge on any atom is 0.298 e. The molecule has 1 rings (SSSR count). The molecule has 0 aliphatic carbocycles. The Bertz CT molecular complexity index is 571. The van der Waals surface area contributed by atoms with Gasteiger partial charge in [-0.05, 0) is 24.6 Å². The monoisotopic (exact) mass is 268 g/mol. The Morgan fingerprint density at radius 3 is 2.72 bits per heavy atom. The molecule has 0 radical (unpaired) electrons. The first-order valence-corrected chi connectivity index (χ1v) is 6.88. The molecule has 0 aliphatic rings. The first kappa shape index (κ1) is 14.5. The molecule has 0 heterocycles. The topological polar surface area (TPSA) is 78.4 Å². The number of aliphatic hydroxyl groups excluding tert-OH is 1. The van der Waals surface area contributed by atoms with Crippen LogP contribution in [0, 0.1) is 18.8 Å². The lowest BCUT2D eigenvalue weighted by Gasteiger charge is -2.09. The number of aryl methyl sites for hydroxylation is 1. The van der Waals surface area contributed by atoms with Crippen molar-refractivity contribution in [3.8, 4) is 11.8 Å². The average molecular weight is 268 g/mol. The van der Waals surface area contributed by atoms with Gasteiger partial charge in [-0.1, -0.05) is 17.9 Å². The maximum absolute atomic E-state index is 11.5. The molecule has 18 heavy (non-hydrogen) atoms. The number of anilines is 1. The van der Waals surface area contributed by atoms with Crippen molar-refractivity contribution in [1.82, 2.24) is 4.72 Å². The summed E-state index contributed by atoms with van der Waals surface area (Å²) in [5.74, 6) is 5.58. The molecule has 0 aromatic heterocycles. The van der Waals surface area contributed by atoms with Gasteiger partial charge in [-0.3, -0.25) is 4.72 Å². The van der Waals surface area contributed by atoms with Gasteiger partial charge in [0.2, 0.25) is 0 Å². The molecule has 0 aliphatic heterocycles. The molecule has 98 valence electrons. The second-order valence-corrected chi connectivity index (χ2v) is 5.25. The molecular weight excluding hydrogens is 252 g/mol. The molecule has 0 fully saturated rings. The van der Waals surface area contributed by atoms with E-state index in [-0.39, 0.29) is 6.61 Å². The summed E-state index contributed by atoms with van der Waals surface area (Å²) >= 11 is 0. The lowest BCUT2D eigenvalue weighted by Crippen LogP contribution is -2.26. The zero-order valence-electron chi connectivity index (χ0n) is 10.3. The molecule has 0 spiro atoms. The minimum absolute atomic E-state index is 0.0174. The van der Waals surface area contributed by atoms with E-state index in [0.29, 0.717) is 17.7 Å². The van der Waals surface area contributed by atoms with E-state index in [1.165, 1.54) is 7.05 Å². The highest BCUT2D eigenvalue weighted by atomic mass is 32.2. The van der Waals surface area contributed by atoms with Crippen LogP contribution in [0.15, 0.2) is 18.2 Å². The van der Waals surface area contributed by atoms with Crippen LogP contribution in [0.25, 0.3) is 0 Å². The fourth-order valence-electron chi connectivity index (χ4n) is 1.26. The molecule has 0 atom stereocenters. The van der Waals surface area contributed by atoms with Crippen LogP contribution in [-0.2, 0) is 10.2 Å². The number of benzene rings is 1. The van der Waals surface area contributed by atoms with Gasteiger partial charge in [0.25, 0.3) is 10.2 Å². The smallest absolute Gasteiger partial charge is 0.298 e. The lowest BCUT2D eigenvalue weighted by atomic mass is 10.1. The van der Waals surface area contributed by atoms with Crippen molar-refractivity contribution in [3.05, 3.63) is 29.3 Å². The van der Waals surface area contributed by atoms with Gasteiger partial charge in [0.15, 0.2) is 0 Å². The average Bonchev–Trinajstić information content (AvgIpc) is 2.32. The van der Waals surface area contributed by atoms with Crippen LogP contribution in [-0.4, -0.2) is 27.2 Å². The van der Waals surface area contributed by atoms with Crippen LogP contribution >= 0.6 is 0 Å². The molecule has 0 unspecified atom stereocenters. The Labute approximate surface area is 107 Å². The van der Waals surface area contributed by atoms with E-state index in [4.69, 9.17) is 5.11 Å². The molecule has 0 saturated carbocycles. The Kier molecular flexibility index (Phi) is 5.16. The molecule has 0 bridgehead atoms. The van der Waals surface area contributed by atoms with E-state index >= 15 is 0 Å². The van der Waals surface area contributed by atoms with Crippen LogP contribution < -0.4 is 9.44 Å². The van der Waals surface area contributed by atoms with Crippen LogP contribution in [0.4, 0.5) is 5.69 Å². The predicted octanol–water partition coefficient (Wildman–Crippen LogP) is 0.605. The fraction of sp³-hybridized carbons (Fsp3) is 0.333. The molecule has 0 amide bonds. The van der Waals surface area contributed by atoms with Crippen LogP contribution in [0.5, 0.6) is 0 Å². The van der Waals surface area contributed by atoms with E-state index in [1.54, 1.807) is 12.1 Å². The van der Waals surface area contributed by atoms with E-state index < -0.39 is 10.2 Å². The standard InChI is InChI=1S/C12H16N2O3S/c1-10-6-7-11(5-3-4-8-15)12(9-10)14-18(16,17)13-2/h6-7,9,13-15H,4,8H2,1-2H3. The lowest BCUT2D eigenvalue weighted by molar-refractivity contribution is 0.305. The Morgan fingerprint density at radius 2 is 2.11 bits per heavy atom. The highest BCUT2D eigenvalue weighted by Crippen LogP contribution is 2.17. The summed E-state index contributed by atoms with van der Waals surface area (Å²) in [4.78, 5) is 0. The summed E-state index contributed by atoms with van der Waals surface area (Å²) in [7, 11) is -2.23. The normalized spacial score (nSPS) is 10.6. The van der Waals surface area contributed by atoms with Gasteiger partial charge in [-0.15, -0.1) is 0 Å². The molecular formula is C12H16N2O3S. The molecule has 1 aromatic carbocycles. The third kappa shape index (κ3) is 4.37. The first-order chi connectivity index (χ1) is 8.48. The Hall–Kier alpha value is -1.55. The Morgan fingerprint density at radius 1 is 1.39 bits per heavy atom. The number of hydrogen-bond acceptors (Lipinski definition) is 3. The van der Waals surface area contributed by atoms with Crippen LogP contribution in [0.1, 0.15) is 17.5 Å². The highest BCUT2D eigenvalue weighted by Gasteiger charge is 2.09. The van der Waals surface area contributed by atoms with Crippen molar-refractivity contribution in [2.45, 2.75) is 13.3 Å². The van der Waals surface area contributed by atoms with Gasteiger partial charge in [-0.25, -0.2) is 4.72 Å². The second kappa shape index (κ2) is 6.40. The van der Waals surface area contributed by atoms with Gasteiger partial charge >= 0.3 is 0 Å². The summed E-state index contributed by atoms with van der Waals surface area (Å²) in [6.07, 6.45) is 0.353. The number of aliphatic hydroxyl groups is 1. The first-order valence-electron chi connectivity index (χ1n) is 5.40. The second-order valence-electron chi connectivity index (χ2n) is 3.63. The van der Waals surface area contributed by atoms with Crippen molar-refractivity contribution < 1.29 is 13.5 Å². The molecule has 1 aromatic rings. The number of rotatable bonds is 4. The molecule has 6 heteroatoms. The van der Waals surface area contributed by atoms with E-state index in [0.717, 1.165) is 5.56 Å². The quantitative estimate of drug-likeness (QED) is 0.700. The van der Waals surface area contributed by atoms with Gasteiger partial charge in [-0.2, -0.15) is 8.42 Å². The molecule has 0 saturated heterocycles. The summed E-state index contributed by atoms with van der Waals surface area (Å²) in [6.45, 7) is 1.85. The third-order valence-electron chi connectivity index (χ3n) is 2.15. The van der Waals surface area contributed by atoms with Crippen molar-refractivity contribution in [2.75, 3.05) is 18.4 Å². The number of hydrogen-bond donors (Lipinski definition) is 3. The minimum Gasteiger partial charge on any atom is -0.395 e. The van der Waals surface area contributed by atoms with Crippen molar-refractivity contribution >= 4 is 15.9 Å². The zero-order valence-corrected chi connectivity index (χ0v) is 11.1. The highest BCUT2D eigenvalue weighted by molar-refractivity contribution is 7.90. The van der Waals surface area contributed by atoms with Crippen molar-refractivity contribution in [3.63, 3.8) is 0 Å². The fourth-order valence-corrected chi connectivity index (χ4v) is 1.82. The van der Waals surface area contributed by atoms with Crippen LogP contribution in [0.2, 0.25) is 0 Å². The molecule has 3 N–H and O–H groups in total. The van der Waals surface area contributed by atoms with Gasteiger partial charge in [0.1, 0.15) is 0 Å². The zero-order chi connectivity index (χ0) is 13.6. The van der Waals surface area contributed by atoms with Crippen molar-refractivity contribution in [1.29, 1.82) is 0 Å². The summed E-state index contributed by atoms with van der Waals surface area (Å²) in [5.41, 5.74) is 1.93. The van der Waals surface area contributed by atoms with E-state index in [9.17, 15) is 8.42 Å². The summed E-state index contributed by atoms with van der Waals surface area (Å²) in [6, 6.07) is 5.30. The summed E-state index contributed by atoms with van der Waals surface area (Å²) < 4.78 is 27.5. The maximum atomic E-state index is 11.5. The third-order valence-corrected chi connectivity index (χ3v) is 3.17. The SMILES string of the molecule is CNS(=O)(=O)Nc1cc(C)ccc1C#CCCO. The van der Waals surface area contributed by atoms with E-state index in [1.807, 2.05) is 13.0 Å². The van der Waals surface area contributed by atoms with Gasteiger partial charge in [0, 0.05) is 19.0 Å². The number of nitrogens with one attached hydrogen (secondary N) is 2.